The summed E-state index contributed by atoms with van der Waals surface area (Å²) in [5.74, 6) is 0. The Morgan fingerprint density at radius 3 is 1.80 bits per heavy atom. The molecular formula is C10H14-2. The molecule has 56 valence electrons. The molecule has 1 aliphatic carbocycles. The molecular weight excluding hydrogens is 120 g/mol. The van der Waals surface area contributed by atoms with Crippen molar-refractivity contribution in [2.24, 2.45) is 0 Å². The van der Waals surface area contributed by atoms with Gasteiger partial charge in [-0.1, -0.05) is 0 Å². The van der Waals surface area contributed by atoms with Crippen LogP contribution in [-0.2, 0) is 0 Å². The molecule has 1 rings (SSSR count). The molecule has 0 aromatic rings. The third-order valence-electron chi connectivity index (χ3n) is 1.86. The predicted octanol–water partition coefficient (Wildman–Crippen LogP) is 3.08. The van der Waals surface area contributed by atoms with Gasteiger partial charge < -0.3 is 0 Å². The fourth-order valence-corrected chi connectivity index (χ4v) is 0.976. The Morgan fingerprint density at radius 2 is 1.40 bits per heavy atom. The molecule has 0 amide bonds. The maximum absolute atomic E-state index is 2.24. The second-order valence-electron chi connectivity index (χ2n) is 2.75. The zero-order chi connectivity index (χ0) is 7.40. The fourth-order valence-electron chi connectivity index (χ4n) is 0.976. The number of hydrogen-bond acceptors (Lipinski definition) is 0. The van der Waals surface area contributed by atoms with E-state index in [9.17, 15) is 0 Å². The van der Waals surface area contributed by atoms with Crippen molar-refractivity contribution < 1.29 is 0 Å². The number of rotatable bonds is 0. The molecule has 0 heterocycles. The van der Waals surface area contributed by atoms with Crippen LogP contribution in [0.3, 0.4) is 0 Å². The summed E-state index contributed by atoms with van der Waals surface area (Å²) in [5, 5.41) is 0. The van der Waals surface area contributed by atoms with Crippen molar-refractivity contribution in [1.29, 1.82) is 0 Å². The van der Waals surface area contributed by atoms with Gasteiger partial charge in [-0.3, -0.25) is 11.1 Å². The summed E-state index contributed by atoms with van der Waals surface area (Å²) >= 11 is 0. The van der Waals surface area contributed by atoms with E-state index in [0.717, 1.165) is 0 Å². The monoisotopic (exact) mass is 134 g/mol. The van der Waals surface area contributed by atoms with E-state index in [1.807, 2.05) is 0 Å². The average molecular weight is 134 g/mol. The Morgan fingerprint density at radius 1 is 1.00 bits per heavy atom. The van der Waals surface area contributed by atoms with Gasteiger partial charge in [-0.25, -0.2) is 25.0 Å². The van der Waals surface area contributed by atoms with Crippen molar-refractivity contribution in [2.45, 2.75) is 26.7 Å². The van der Waals surface area contributed by atoms with E-state index in [0.29, 0.717) is 0 Å². The standard InChI is InChI=1S/C10H14/c1-9-7-5-3-4-6-8-10(9)2/h5-8H,3-4H2,1-2H3/q-2. The molecule has 0 heteroatoms. The number of allylic oxidation sites excluding steroid dienone is 4. The predicted molar refractivity (Wildman–Crippen MR) is 45.3 cm³/mol. The zero-order valence-corrected chi connectivity index (χ0v) is 6.72. The second-order valence-corrected chi connectivity index (χ2v) is 2.75. The van der Waals surface area contributed by atoms with E-state index < -0.39 is 0 Å². The van der Waals surface area contributed by atoms with Gasteiger partial charge in [0, 0.05) is 0 Å². The second kappa shape index (κ2) is 3.40. The molecule has 0 N–H and O–H groups in total. The molecule has 0 spiro atoms. The lowest BCUT2D eigenvalue weighted by Crippen LogP contribution is -1.86. The molecule has 0 unspecified atom stereocenters. The highest BCUT2D eigenvalue weighted by molar-refractivity contribution is 5.31. The molecule has 0 saturated carbocycles. The highest BCUT2D eigenvalue weighted by Crippen LogP contribution is 2.15. The minimum atomic E-state index is 1.18. The van der Waals surface area contributed by atoms with Crippen LogP contribution in [0.25, 0.3) is 0 Å². The van der Waals surface area contributed by atoms with Gasteiger partial charge in [0.2, 0.25) is 0 Å². The van der Waals surface area contributed by atoms with Crippen molar-refractivity contribution in [1.82, 2.24) is 0 Å². The lowest BCUT2D eigenvalue weighted by atomic mass is 10.0. The van der Waals surface area contributed by atoms with E-state index in [1.165, 1.54) is 24.0 Å². The average Bonchev–Trinajstić information content (AvgIpc) is 1.92. The van der Waals surface area contributed by atoms with E-state index in [4.69, 9.17) is 0 Å². The van der Waals surface area contributed by atoms with Crippen molar-refractivity contribution in [2.75, 3.05) is 0 Å². The van der Waals surface area contributed by atoms with E-state index in [1.54, 1.807) is 0 Å². The van der Waals surface area contributed by atoms with Crippen molar-refractivity contribution in [3.05, 3.63) is 36.1 Å². The van der Waals surface area contributed by atoms with Crippen LogP contribution in [0.4, 0.5) is 0 Å². The van der Waals surface area contributed by atoms with Crippen molar-refractivity contribution >= 4 is 0 Å². The summed E-state index contributed by atoms with van der Waals surface area (Å²) in [7, 11) is 0. The Kier molecular flexibility index (Phi) is 2.49. The molecule has 0 radical (unpaired) electrons. The highest BCUT2D eigenvalue weighted by Gasteiger charge is 1.79. The fraction of sp³-hybridized carbons (Fsp3) is 0.400. The molecule has 0 aromatic heterocycles. The Bertz CT molecular complexity index is 141. The van der Waals surface area contributed by atoms with Gasteiger partial charge >= 0.3 is 0 Å². The first-order valence-electron chi connectivity index (χ1n) is 3.81. The first-order valence-corrected chi connectivity index (χ1v) is 3.81. The van der Waals surface area contributed by atoms with Gasteiger partial charge in [-0.2, -0.15) is 0 Å². The maximum Gasteiger partial charge on any atom is -0.113 e. The van der Waals surface area contributed by atoms with Gasteiger partial charge in [-0.05, 0) is 0 Å². The maximum atomic E-state index is 2.24. The lowest BCUT2D eigenvalue weighted by Gasteiger charge is -2.22. The van der Waals surface area contributed by atoms with Crippen LogP contribution >= 0.6 is 0 Å². The lowest BCUT2D eigenvalue weighted by molar-refractivity contribution is 0.949. The normalized spacial score (nSPS) is 19.0. The van der Waals surface area contributed by atoms with Crippen LogP contribution in [0.15, 0.2) is 23.3 Å². The third-order valence-corrected chi connectivity index (χ3v) is 1.86. The smallest absolute Gasteiger partial charge is 0.113 e. The minimum absolute atomic E-state index is 1.18. The van der Waals surface area contributed by atoms with E-state index in [2.05, 4.69) is 38.8 Å². The minimum Gasteiger partial charge on any atom is -0.279 e. The zero-order valence-electron chi connectivity index (χ0n) is 6.72. The molecule has 0 saturated heterocycles. The summed E-state index contributed by atoms with van der Waals surface area (Å²) < 4.78 is 0. The van der Waals surface area contributed by atoms with Gasteiger partial charge in [0.05, 0.1) is 0 Å². The topological polar surface area (TPSA) is 0 Å². The third kappa shape index (κ3) is 1.87. The summed E-state index contributed by atoms with van der Waals surface area (Å²) in [6.45, 7) is 4.31. The van der Waals surface area contributed by atoms with E-state index in [-0.39, 0.29) is 0 Å². The SMILES string of the molecule is CC1=C[CH-]CC[CH-]C=C1C. The van der Waals surface area contributed by atoms with Gasteiger partial charge in [0.25, 0.3) is 0 Å². The summed E-state index contributed by atoms with van der Waals surface area (Å²) in [4.78, 5) is 0. The summed E-state index contributed by atoms with van der Waals surface area (Å²) in [6.07, 6.45) is 11.3. The molecule has 0 fully saturated rings. The first-order chi connectivity index (χ1) is 4.80. The molecule has 0 bridgehead atoms. The molecule has 0 aromatic carbocycles. The van der Waals surface area contributed by atoms with Crippen molar-refractivity contribution in [3.8, 4) is 0 Å². The van der Waals surface area contributed by atoms with Gasteiger partial charge in [0.1, 0.15) is 0 Å². The quantitative estimate of drug-likeness (QED) is 0.447. The Balaban J connectivity index is 2.66. The summed E-state index contributed by atoms with van der Waals surface area (Å²) in [5.41, 5.74) is 2.77. The first kappa shape index (κ1) is 7.33. The van der Waals surface area contributed by atoms with Crippen LogP contribution in [-0.4, -0.2) is 0 Å². The Hall–Kier alpha value is -0.780. The van der Waals surface area contributed by atoms with Crippen LogP contribution < -0.4 is 0 Å². The van der Waals surface area contributed by atoms with Crippen molar-refractivity contribution in [3.63, 3.8) is 0 Å². The van der Waals surface area contributed by atoms with Gasteiger partial charge in [0.15, 0.2) is 0 Å². The Labute approximate surface area is 63.6 Å². The molecule has 10 heavy (non-hydrogen) atoms. The molecule has 1 aliphatic rings. The molecule has 0 nitrogen and oxygen atoms in total. The van der Waals surface area contributed by atoms with Gasteiger partial charge in [-0.15, -0.1) is 26.7 Å². The van der Waals surface area contributed by atoms with E-state index >= 15 is 0 Å². The van der Waals surface area contributed by atoms with Crippen LogP contribution in [0, 0.1) is 12.8 Å². The highest BCUT2D eigenvalue weighted by atomic mass is 14.0. The number of hydrogen-bond donors (Lipinski definition) is 0. The van der Waals surface area contributed by atoms with Crippen LogP contribution in [0.1, 0.15) is 26.7 Å². The molecule has 0 atom stereocenters. The summed E-state index contributed by atoms with van der Waals surface area (Å²) in [6, 6.07) is 0. The largest absolute Gasteiger partial charge is 0.279 e. The van der Waals surface area contributed by atoms with Crippen LogP contribution in [0.5, 0.6) is 0 Å². The van der Waals surface area contributed by atoms with Crippen LogP contribution in [0.2, 0.25) is 0 Å². The molecule has 0 aliphatic heterocycles.